The van der Waals surface area contributed by atoms with Gasteiger partial charge in [-0.3, -0.25) is 14.6 Å². The predicted octanol–water partition coefficient (Wildman–Crippen LogP) is 1.46. The second-order valence-corrected chi connectivity index (χ2v) is 6.34. The van der Waals surface area contributed by atoms with Gasteiger partial charge in [0, 0.05) is 17.7 Å². The number of benzene rings is 1. The van der Waals surface area contributed by atoms with E-state index < -0.39 is 11.5 Å². The van der Waals surface area contributed by atoms with Gasteiger partial charge in [0.2, 0.25) is 0 Å². The van der Waals surface area contributed by atoms with Gasteiger partial charge in [0.1, 0.15) is 5.69 Å². The topological polar surface area (TPSA) is 119 Å². The third-order valence-corrected chi connectivity index (χ3v) is 4.39. The molecule has 1 amide bonds. The van der Waals surface area contributed by atoms with Crippen LogP contribution in [0.5, 0.6) is 0 Å². The minimum absolute atomic E-state index is 0.0242. The molecule has 1 saturated heterocycles. The van der Waals surface area contributed by atoms with Crippen LogP contribution in [0.3, 0.4) is 0 Å². The number of nitrogens with one attached hydrogen (secondary N) is 2. The van der Waals surface area contributed by atoms with Gasteiger partial charge in [-0.1, -0.05) is 30.0 Å². The van der Waals surface area contributed by atoms with Crippen molar-refractivity contribution in [2.75, 3.05) is 30.0 Å². The van der Waals surface area contributed by atoms with E-state index in [-0.39, 0.29) is 17.8 Å². The highest BCUT2D eigenvalue weighted by atomic mass is 32.2. The van der Waals surface area contributed by atoms with Gasteiger partial charge in [-0.25, -0.2) is 4.98 Å². The summed E-state index contributed by atoms with van der Waals surface area (Å²) in [6.45, 7) is 1.21. The molecule has 0 spiro atoms. The van der Waals surface area contributed by atoms with Crippen molar-refractivity contribution in [3.63, 3.8) is 0 Å². The van der Waals surface area contributed by atoms with E-state index in [0.717, 1.165) is 0 Å². The van der Waals surface area contributed by atoms with E-state index >= 15 is 0 Å². The first-order valence-electron chi connectivity index (χ1n) is 7.75. The van der Waals surface area contributed by atoms with E-state index in [1.165, 1.54) is 11.8 Å². The van der Waals surface area contributed by atoms with Crippen molar-refractivity contribution in [1.29, 1.82) is 0 Å². The molecule has 132 valence electrons. The maximum Gasteiger partial charge on any atom is 0.277 e. The lowest BCUT2D eigenvalue weighted by atomic mass is 10.2. The van der Waals surface area contributed by atoms with Crippen LogP contribution in [0, 0.1) is 0 Å². The van der Waals surface area contributed by atoms with Crippen LogP contribution in [-0.2, 0) is 9.47 Å². The van der Waals surface area contributed by atoms with Crippen LogP contribution in [0.1, 0.15) is 16.8 Å². The molecular formula is C16H18N4O4S. The summed E-state index contributed by atoms with van der Waals surface area (Å²) in [6, 6.07) is 8.55. The zero-order chi connectivity index (χ0) is 17.6. The third-order valence-electron chi connectivity index (χ3n) is 3.48. The number of carbonyl (C=O) groups excluding carboxylic acids is 1. The molecule has 0 atom stereocenters. The summed E-state index contributed by atoms with van der Waals surface area (Å²) >= 11 is 1.34. The average Bonchev–Trinajstić information content (AvgIpc) is 3.12. The number of amides is 1. The molecule has 8 nitrogen and oxygen atoms in total. The van der Waals surface area contributed by atoms with E-state index in [1.807, 2.05) is 0 Å². The van der Waals surface area contributed by atoms with Crippen molar-refractivity contribution in [3.05, 3.63) is 46.2 Å². The number of nitrogen functional groups attached to an aromatic ring is 1. The SMILES string of the molecule is Nc1nc(SCCC2OCCO2)[nH]c(=O)c1NC(=O)c1ccccc1. The van der Waals surface area contributed by atoms with Crippen molar-refractivity contribution in [2.24, 2.45) is 0 Å². The molecular weight excluding hydrogens is 344 g/mol. The highest BCUT2D eigenvalue weighted by molar-refractivity contribution is 7.99. The summed E-state index contributed by atoms with van der Waals surface area (Å²) in [5.41, 5.74) is 5.71. The number of aromatic amines is 1. The lowest BCUT2D eigenvalue weighted by Gasteiger charge is -2.10. The number of hydrogen-bond donors (Lipinski definition) is 3. The van der Waals surface area contributed by atoms with Crippen molar-refractivity contribution >= 4 is 29.2 Å². The third kappa shape index (κ3) is 4.59. The molecule has 2 aromatic rings. The second kappa shape index (κ2) is 8.15. The smallest absolute Gasteiger partial charge is 0.277 e. The summed E-state index contributed by atoms with van der Waals surface area (Å²) in [4.78, 5) is 31.1. The molecule has 9 heteroatoms. The first kappa shape index (κ1) is 17.5. The molecule has 1 fully saturated rings. The molecule has 1 aliphatic heterocycles. The predicted molar refractivity (Wildman–Crippen MR) is 94.7 cm³/mol. The number of hydrogen-bond acceptors (Lipinski definition) is 7. The Hall–Kier alpha value is -2.36. The van der Waals surface area contributed by atoms with Crippen molar-refractivity contribution in [1.82, 2.24) is 9.97 Å². The molecule has 0 aliphatic carbocycles. The quantitative estimate of drug-likeness (QED) is 0.526. The fraction of sp³-hybridized carbons (Fsp3) is 0.312. The van der Waals surface area contributed by atoms with Gasteiger partial charge in [-0.05, 0) is 12.1 Å². The Morgan fingerprint density at radius 1 is 1.32 bits per heavy atom. The fourth-order valence-electron chi connectivity index (χ4n) is 2.26. The summed E-state index contributed by atoms with van der Waals surface area (Å²) < 4.78 is 10.7. The molecule has 2 heterocycles. The van der Waals surface area contributed by atoms with Crippen LogP contribution in [0.2, 0.25) is 0 Å². The molecule has 25 heavy (non-hydrogen) atoms. The molecule has 4 N–H and O–H groups in total. The number of anilines is 2. The molecule has 0 unspecified atom stereocenters. The van der Waals surface area contributed by atoms with E-state index in [9.17, 15) is 9.59 Å². The molecule has 0 saturated carbocycles. The highest BCUT2D eigenvalue weighted by Crippen LogP contribution is 2.20. The highest BCUT2D eigenvalue weighted by Gasteiger charge is 2.17. The number of thioether (sulfide) groups is 1. The number of rotatable bonds is 6. The van der Waals surface area contributed by atoms with E-state index in [2.05, 4.69) is 15.3 Å². The number of aromatic nitrogens is 2. The van der Waals surface area contributed by atoms with Crippen LogP contribution >= 0.6 is 11.8 Å². The molecule has 3 rings (SSSR count). The number of nitrogens with zero attached hydrogens (tertiary/aromatic N) is 1. The maximum atomic E-state index is 12.2. The van der Waals surface area contributed by atoms with Gasteiger partial charge in [-0.2, -0.15) is 0 Å². The average molecular weight is 362 g/mol. The van der Waals surface area contributed by atoms with Gasteiger partial charge >= 0.3 is 0 Å². The number of H-pyrrole nitrogens is 1. The Kier molecular flexibility index (Phi) is 5.69. The van der Waals surface area contributed by atoms with Gasteiger partial charge in [0.25, 0.3) is 11.5 Å². The van der Waals surface area contributed by atoms with Gasteiger partial charge in [-0.15, -0.1) is 0 Å². The Labute approximate surface area is 148 Å². The van der Waals surface area contributed by atoms with Crippen LogP contribution in [0.15, 0.2) is 40.3 Å². The lowest BCUT2D eigenvalue weighted by Crippen LogP contribution is -2.23. The van der Waals surface area contributed by atoms with Crippen molar-refractivity contribution < 1.29 is 14.3 Å². The van der Waals surface area contributed by atoms with E-state index in [0.29, 0.717) is 36.1 Å². The number of nitrogens with two attached hydrogens (primary N) is 1. The summed E-state index contributed by atoms with van der Waals surface area (Å²) in [6.07, 6.45) is 0.474. The molecule has 1 aromatic carbocycles. The first-order valence-corrected chi connectivity index (χ1v) is 8.74. The standard InChI is InChI=1S/C16H18N4O4S/c17-13-12(18-14(21)10-4-2-1-3-5-10)15(22)20-16(19-13)25-9-6-11-23-7-8-24-11/h1-5,11H,6-9H2,(H,18,21)(H3,17,19,20,22). The van der Waals surface area contributed by atoms with E-state index in [1.54, 1.807) is 30.3 Å². The zero-order valence-electron chi connectivity index (χ0n) is 13.4. The minimum atomic E-state index is -0.493. The molecule has 1 aromatic heterocycles. The van der Waals surface area contributed by atoms with Crippen LogP contribution < -0.4 is 16.6 Å². The molecule has 0 bridgehead atoms. The van der Waals surface area contributed by atoms with Crippen molar-refractivity contribution in [3.8, 4) is 0 Å². The lowest BCUT2D eigenvalue weighted by molar-refractivity contribution is -0.0421. The Morgan fingerprint density at radius 2 is 2.04 bits per heavy atom. The normalized spacial score (nSPS) is 14.6. The van der Waals surface area contributed by atoms with Crippen LogP contribution in [-0.4, -0.2) is 41.1 Å². The minimum Gasteiger partial charge on any atom is -0.382 e. The number of carbonyl (C=O) groups is 1. The molecule has 0 radical (unpaired) electrons. The zero-order valence-corrected chi connectivity index (χ0v) is 14.2. The van der Waals surface area contributed by atoms with Crippen molar-refractivity contribution in [2.45, 2.75) is 17.9 Å². The van der Waals surface area contributed by atoms with E-state index in [4.69, 9.17) is 15.2 Å². The van der Waals surface area contributed by atoms with Crippen LogP contribution in [0.4, 0.5) is 11.5 Å². The molecule has 1 aliphatic rings. The van der Waals surface area contributed by atoms with Gasteiger partial charge < -0.3 is 20.5 Å². The monoisotopic (exact) mass is 362 g/mol. The summed E-state index contributed by atoms with van der Waals surface area (Å²) in [5, 5.41) is 2.89. The van der Waals surface area contributed by atoms with Gasteiger partial charge in [0.15, 0.2) is 17.3 Å². The Balaban J connectivity index is 1.63. The summed E-state index contributed by atoms with van der Waals surface area (Å²) in [7, 11) is 0. The Bertz CT molecular complexity index is 790. The second-order valence-electron chi connectivity index (χ2n) is 5.26. The van der Waals surface area contributed by atoms with Gasteiger partial charge in [0.05, 0.1) is 13.2 Å². The van der Waals surface area contributed by atoms with Crippen LogP contribution in [0.25, 0.3) is 0 Å². The maximum absolute atomic E-state index is 12.2. The largest absolute Gasteiger partial charge is 0.382 e. The summed E-state index contributed by atoms with van der Waals surface area (Å²) in [5.74, 6) is 0.211. The fourth-order valence-corrected chi connectivity index (χ4v) is 3.09. The number of ether oxygens (including phenoxy) is 2. The first-order chi connectivity index (χ1) is 12.1. The Morgan fingerprint density at radius 3 is 2.72 bits per heavy atom.